The summed E-state index contributed by atoms with van der Waals surface area (Å²) in [7, 11) is 0. The molecule has 0 spiro atoms. The van der Waals surface area contributed by atoms with E-state index in [1.165, 1.54) is 25.7 Å². The van der Waals surface area contributed by atoms with E-state index < -0.39 is 0 Å². The number of hydrogen-bond donors (Lipinski definition) is 1. The molecule has 0 saturated heterocycles. The van der Waals surface area contributed by atoms with Crippen LogP contribution >= 0.6 is 12.2 Å². The summed E-state index contributed by atoms with van der Waals surface area (Å²) in [5, 5.41) is 0. The maximum absolute atomic E-state index is 5.90. The third kappa shape index (κ3) is 4.38. The van der Waals surface area contributed by atoms with Gasteiger partial charge < -0.3 is 10.5 Å². The van der Waals surface area contributed by atoms with Crippen molar-refractivity contribution in [1.29, 1.82) is 0 Å². The van der Waals surface area contributed by atoms with Crippen LogP contribution in [0, 0.1) is 11.3 Å². The molecule has 0 aromatic rings. The van der Waals surface area contributed by atoms with E-state index in [1.807, 2.05) is 0 Å². The summed E-state index contributed by atoms with van der Waals surface area (Å²) in [5.74, 6) is 0.882. The Bertz CT molecular complexity index is 232. The second-order valence-electron chi connectivity index (χ2n) is 5.75. The Labute approximate surface area is 105 Å². The van der Waals surface area contributed by atoms with Crippen LogP contribution in [-0.2, 0) is 4.74 Å². The Morgan fingerprint density at radius 3 is 2.38 bits per heavy atom. The highest BCUT2D eigenvalue weighted by Crippen LogP contribution is 2.27. The molecule has 1 rings (SSSR count). The maximum Gasteiger partial charge on any atom is 0.0785 e. The Morgan fingerprint density at radius 1 is 1.31 bits per heavy atom. The second-order valence-corrected chi connectivity index (χ2v) is 6.19. The molecule has 16 heavy (non-hydrogen) atoms. The van der Waals surface area contributed by atoms with Gasteiger partial charge in [-0.25, -0.2) is 0 Å². The van der Waals surface area contributed by atoms with Crippen LogP contribution in [-0.4, -0.2) is 17.7 Å². The van der Waals surface area contributed by atoms with Crippen molar-refractivity contribution in [2.45, 2.75) is 59.0 Å². The molecule has 2 N–H and O–H groups in total. The second kappa shape index (κ2) is 5.97. The molecule has 0 heterocycles. The van der Waals surface area contributed by atoms with Crippen molar-refractivity contribution in [3.8, 4) is 0 Å². The summed E-state index contributed by atoms with van der Waals surface area (Å²) < 4.78 is 5.90. The highest BCUT2D eigenvalue weighted by Gasteiger charge is 2.23. The van der Waals surface area contributed by atoms with Crippen molar-refractivity contribution in [1.82, 2.24) is 0 Å². The summed E-state index contributed by atoms with van der Waals surface area (Å²) in [5.41, 5.74) is 5.61. The van der Waals surface area contributed by atoms with Gasteiger partial charge in [0.2, 0.25) is 0 Å². The van der Waals surface area contributed by atoms with E-state index in [0.717, 1.165) is 18.9 Å². The van der Waals surface area contributed by atoms with Crippen molar-refractivity contribution >= 4 is 17.2 Å². The van der Waals surface area contributed by atoms with E-state index in [4.69, 9.17) is 22.7 Å². The topological polar surface area (TPSA) is 35.2 Å². The Morgan fingerprint density at radius 2 is 1.88 bits per heavy atom. The van der Waals surface area contributed by atoms with Crippen molar-refractivity contribution in [2.24, 2.45) is 17.1 Å². The van der Waals surface area contributed by atoms with Crippen molar-refractivity contribution in [3.05, 3.63) is 0 Å². The van der Waals surface area contributed by atoms with E-state index in [0.29, 0.717) is 11.1 Å². The Balaban J connectivity index is 2.18. The van der Waals surface area contributed by atoms with Gasteiger partial charge in [-0.3, -0.25) is 0 Å². The van der Waals surface area contributed by atoms with Gasteiger partial charge in [-0.2, -0.15) is 0 Å². The first-order chi connectivity index (χ1) is 7.42. The van der Waals surface area contributed by atoms with E-state index in [2.05, 4.69) is 20.8 Å². The average molecular weight is 243 g/mol. The third-order valence-corrected chi connectivity index (χ3v) is 4.26. The van der Waals surface area contributed by atoms with Crippen LogP contribution in [0.2, 0.25) is 0 Å². The third-order valence-electron chi connectivity index (χ3n) is 3.71. The minimum absolute atomic E-state index is 0.0721. The van der Waals surface area contributed by atoms with E-state index in [9.17, 15) is 0 Å². The molecule has 1 aliphatic carbocycles. The van der Waals surface area contributed by atoms with Crippen LogP contribution in [0.4, 0.5) is 0 Å². The normalized spacial score (nSPS) is 26.7. The van der Waals surface area contributed by atoms with Crippen molar-refractivity contribution in [2.75, 3.05) is 6.61 Å². The minimum Gasteiger partial charge on any atom is -0.393 e. The zero-order chi connectivity index (χ0) is 12.2. The zero-order valence-corrected chi connectivity index (χ0v) is 11.6. The van der Waals surface area contributed by atoms with Crippen LogP contribution in [0.5, 0.6) is 0 Å². The molecule has 1 fully saturated rings. The Kier molecular flexibility index (Phi) is 5.19. The van der Waals surface area contributed by atoms with Gasteiger partial charge in [0.25, 0.3) is 0 Å². The standard InChI is InChI=1S/C13H25NOS/c1-10-4-6-11(7-5-10)15-9-8-13(2,3)12(14)16/h10-11H,4-9H2,1-3H3,(H2,14,16). The SMILES string of the molecule is CC1CCC(OCCC(C)(C)C(N)=S)CC1. The summed E-state index contributed by atoms with van der Waals surface area (Å²) in [6, 6.07) is 0. The fraction of sp³-hybridized carbons (Fsp3) is 0.923. The lowest BCUT2D eigenvalue weighted by molar-refractivity contribution is 0.0118. The van der Waals surface area contributed by atoms with Gasteiger partial charge in [0.15, 0.2) is 0 Å². The number of rotatable bonds is 5. The van der Waals surface area contributed by atoms with Gasteiger partial charge in [-0.05, 0) is 38.0 Å². The number of ether oxygens (including phenoxy) is 1. The number of nitrogens with two attached hydrogens (primary N) is 1. The largest absolute Gasteiger partial charge is 0.393 e. The lowest BCUT2D eigenvalue weighted by atomic mass is 9.88. The molecule has 0 amide bonds. The van der Waals surface area contributed by atoms with Crippen LogP contribution in [0.15, 0.2) is 0 Å². The zero-order valence-electron chi connectivity index (χ0n) is 10.8. The molecule has 0 aromatic heterocycles. The predicted octanol–water partition coefficient (Wildman–Crippen LogP) is 3.28. The molecule has 1 aliphatic rings. The fourth-order valence-corrected chi connectivity index (χ4v) is 2.10. The van der Waals surface area contributed by atoms with Crippen molar-refractivity contribution in [3.63, 3.8) is 0 Å². The van der Waals surface area contributed by atoms with Gasteiger partial charge in [0, 0.05) is 12.0 Å². The van der Waals surface area contributed by atoms with Crippen LogP contribution in [0.1, 0.15) is 52.9 Å². The molecule has 0 unspecified atom stereocenters. The molecular formula is C13H25NOS. The molecule has 0 aromatic carbocycles. The van der Waals surface area contributed by atoms with Gasteiger partial charge >= 0.3 is 0 Å². The predicted molar refractivity (Wildman–Crippen MR) is 72.6 cm³/mol. The Hall–Kier alpha value is -0.150. The maximum atomic E-state index is 5.90. The summed E-state index contributed by atoms with van der Waals surface area (Å²) >= 11 is 5.04. The molecule has 0 bridgehead atoms. The summed E-state index contributed by atoms with van der Waals surface area (Å²) in [4.78, 5) is 0.591. The highest BCUT2D eigenvalue weighted by molar-refractivity contribution is 7.80. The van der Waals surface area contributed by atoms with Gasteiger partial charge in [0.1, 0.15) is 0 Å². The molecule has 0 radical (unpaired) electrons. The van der Waals surface area contributed by atoms with Gasteiger partial charge in [-0.15, -0.1) is 0 Å². The van der Waals surface area contributed by atoms with Crippen molar-refractivity contribution < 1.29 is 4.74 Å². The molecule has 94 valence electrons. The fourth-order valence-electron chi connectivity index (χ4n) is 2.00. The van der Waals surface area contributed by atoms with Crippen LogP contribution in [0.3, 0.4) is 0 Å². The molecule has 1 saturated carbocycles. The van der Waals surface area contributed by atoms with Gasteiger partial charge in [0.05, 0.1) is 11.1 Å². The lowest BCUT2D eigenvalue weighted by Crippen LogP contribution is -2.32. The van der Waals surface area contributed by atoms with Crippen LogP contribution < -0.4 is 5.73 Å². The molecule has 0 aliphatic heterocycles. The molecule has 3 heteroatoms. The van der Waals surface area contributed by atoms with Gasteiger partial charge in [-0.1, -0.05) is 33.0 Å². The van der Waals surface area contributed by atoms with E-state index in [1.54, 1.807) is 0 Å². The molecule has 0 atom stereocenters. The molecular weight excluding hydrogens is 218 g/mol. The smallest absolute Gasteiger partial charge is 0.0785 e. The number of thiocarbonyl (C=S) groups is 1. The first-order valence-corrected chi connectivity index (χ1v) is 6.74. The summed E-state index contributed by atoms with van der Waals surface area (Å²) in [6.07, 6.45) is 6.45. The average Bonchev–Trinajstić information content (AvgIpc) is 2.20. The summed E-state index contributed by atoms with van der Waals surface area (Å²) in [6.45, 7) is 7.28. The quantitative estimate of drug-likeness (QED) is 0.753. The monoisotopic (exact) mass is 243 g/mol. The lowest BCUT2D eigenvalue weighted by Gasteiger charge is -2.28. The number of hydrogen-bond acceptors (Lipinski definition) is 2. The molecule has 2 nitrogen and oxygen atoms in total. The first kappa shape index (κ1) is 13.9. The van der Waals surface area contributed by atoms with E-state index in [-0.39, 0.29) is 5.41 Å². The highest BCUT2D eigenvalue weighted by atomic mass is 32.1. The van der Waals surface area contributed by atoms with E-state index >= 15 is 0 Å². The van der Waals surface area contributed by atoms with Crippen LogP contribution in [0.25, 0.3) is 0 Å². The first-order valence-electron chi connectivity index (χ1n) is 6.33. The minimum atomic E-state index is -0.0721.